The van der Waals surface area contributed by atoms with Crippen LogP contribution in [0.4, 0.5) is 0 Å². The molecule has 0 bridgehead atoms. The molecule has 0 amide bonds. The molecule has 3 aromatic rings. The highest BCUT2D eigenvalue weighted by atomic mass is 32.1. The number of hydrogen-bond donors (Lipinski definition) is 0. The van der Waals surface area contributed by atoms with Crippen molar-refractivity contribution in [3.8, 4) is 11.1 Å². The smallest absolute Gasteiger partial charge is 0.363 e. The fourth-order valence-corrected chi connectivity index (χ4v) is 3.27. The lowest BCUT2D eigenvalue weighted by Gasteiger charge is -2.03. The van der Waals surface area contributed by atoms with Gasteiger partial charge < -0.3 is 4.74 Å². The lowest BCUT2D eigenvalue weighted by molar-refractivity contribution is -0.129. The molecule has 4 rings (SSSR count). The molecule has 1 aromatic heterocycles. The molecule has 0 atom stereocenters. The number of nitrogens with zero attached hydrogens (tertiary/aromatic N) is 2. The van der Waals surface area contributed by atoms with Crippen LogP contribution in [0.25, 0.3) is 17.2 Å². The average Bonchev–Trinajstić information content (AvgIpc) is 3.22. The number of ether oxygens (including phenoxy) is 1. The maximum atomic E-state index is 12.1. The average molecular weight is 346 g/mol. The molecular formula is C20H14N2O2S. The zero-order chi connectivity index (χ0) is 17.2. The van der Waals surface area contributed by atoms with Gasteiger partial charge in [-0.2, -0.15) is 0 Å². The Labute approximate surface area is 149 Å². The van der Waals surface area contributed by atoms with Gasteiger partial charge in [-0.25, -0.2) is 14.8 Å². The summed E-state index contributed by atoms with van der Waals surface area (Å²) < 4.78 is 5.32. The zero-order valence-electron chi connectivity index (χ0n) is 13.5. The fraction of sp³-hybridized carbons (Fsp3) is 0.0500. The van der Waals surface area contributed by atoms with E-state index in [9.17, 15) is 4.79 Å². The second-order valence-electron chi connectivity index (χ2n) is 5.58. The number of benzene rings is 2. The number of rotatable bonds is 3. The Morgan fingerprint density at radius 3 is 2.32 bits per heavy atom. The summed E-state index contributed by atoms with van der Waals surface area (Å²) in [6.07, 6.45) is 1.72. The predicted octanol–water partition coefficient (Wildman–Crippen LogP) is 4.46. The van der Waals surface area contributed by atoms with Crippen LogP contribution in [0.3, 0.4) is 0 Å². The molecule has 0 saturated heterocycles. The minimum Gasteiger partial charge on any atom is -0.402 e. The highest BCUT2D eigenvalue weighted by Gasteiger charge is 2.24. The molecule has 0 unspecified atom stereocenters. The Kier molecular flexibility index (Phi) is 3.99. The summed E-state index contributed by atoms with van der Waals surface area (Å²) in [7, 11) is 0. The number of aromatic nitrogens is 1. The maximum absolute atomic E-state index is 12.1. The van der Waals surface area contributed by atoms with Gasteiger partial charge in [-0.05, 0) is 36.3 Å². The molecule has 0 N–H and O–H groups in total. The van der Waals surface area contributed by atoms with E-state index in [2.05, 4.69) is 22.1 Å². The molecule has 0 saturated carbocycles. The summed E-state index contributed by atoms with van der Waals surface area (Å²) in [6, 6.07) is 17.9. The molecule has 1 aliphatic rings. The molecule has 0 spiro atoms. The molecule has 0 radical (unpaired) electrons. The van der Waals surface area contributed by atoms with Gasteiger partial charge in [0, 0.05) is 5.56 Å². The second kappa shape index (κ2) is 6.45. The predicted molar refractivity (Wildman–Crippen MR) is 99.3 cm³/mol. The van der Waals surface area contributed by atoms with Crippen molar-refractivity contribution in [1.29, 1.82) is 0 Å². The van der Waals surface area contributed by atoms with Crippen LogP contribution in [0, 0.1) is 6.92 Å². The van der Waals surface area contributed by atoms with Crippen molar-refractivity contribution < 1.29 is 9.53 Å². The van der Waals surface area contributed by atoms with Gasteiger partial charge in [0.25, 0.3) is 0 Å². The van der Waals surface area contributed by atoms with Crippen LogP contribution in [-0.4, -0.2) is 16.9 Å². The molecule has 5 heteroatoms. The molecule has 2 heterocycles. The standard InChI is InChI=1S/C20H14N2O2S/c1-13-18(25-12-21-13)11-17-20(23)24-19(22-17)16-9-7-15(8-10-16)14-5-3-2-4-6-14/h2-12H,1H3. The van der Waals surface area contributed by atoms with E-state index in [0.717, 1.165) is 27.3 Å². The summed E-state index contributed by atoms with van der Waals surface area (Å²) in [4.78, 5) is 21.5. The van der Waals surface area contributed by atoms with E-state index >= 15 is 0 Å². The van der Waals surface area contributed by atoms with Crippen LogP contribution in [0.2, 0.25) is 0 Å². The summed E-state index contributed by atoms with van der Waals surface area (Å²) >= 11 is 1.47. The van der Waals surface area contributed by atoms with Crippen molar-refractivity contribution in [3.05, 3.63) is 81.9 Å². The lowest BCUT2D eigenvalue weighted by atomic mass is 10.0. The normalized spacial score (nSPS) is 15.3. The summed E-state index contributed by atoms with van der Waals surface area (Å²) in [5, 5.41) is 0. The lowest BCUT2D eigenvalue weighted by Crippen LogP contribution is -2.05. The van der Waals surface area contributed by atoms with Crippen LogP contribution in [0.5, 0.6) is 0 Å². The van der Waals surface area contributed by atoms with E-state index in [4.69, 9.17) is 4.74 Å². The second-order valence-corrected chi connectivity index (χ2v) is 6.47. The number of carbonyl (C=O) groups excluding carboxylic acids is 1. The van der Waals surface area contributed by atoms with Crippen molar-refractivity contribution in [3.63, 3.8) is 0 Å². The minimum atomic E-state index is -0.435. The van der Waals surface area contributed by atoms with E-state index in [1.807, 2.05) is 49.4 Å². The molecule has 4 nitrogen and oxygen atoms in total. The van der Waals surface area contributed by atoms with Gasteiger partial charge in [0.2, 0.25) is 5.90 Å². The fourth-order valence-electron chi connectivity index (χ4n) is 2.54. The molecule has 122 valence electrons. The third kappa shape index (κ3) is 3.14. The van der Waals surface area contributed by atoms with Gasteiger partial charge in [-0.3, -0.25) is 0 Å². The summed E-state index contributed by atoms with van der Waals surface area (Å²) in [5.41, 5.74) is 5.94. The van der Waals surface area contributed by atoms with E-state index in [1.54, 1.807) is 11.6 Å². The Morgan fingerprint density at radius 2 is 1.64 bits per heavy atom. The summed E-state index contributed by atoms with van der Waals surface area (Å²) in [6.45, 7) is 1.90. The minimum absolute atomic E-state index is 0.300. The Bertz CT molecular complexity index is 986. The highest BCUT2D eigenvalue weighted by molar-refractivity contribution is 7.10. The monoisotopic (exact) mass is 346 g/mol. The number of aliphatic imine (C=N–C) groups is 1. The number of thiazole rings is 1. The number of aryl methyl sites for hydroxylation is 1. The van der Waals surface area contributed by atoms with Crippen LogP contribution in [0.15, 0.2) is 70.8 Å². The van der Waals surface area contributed by atoms with Gasteiger partial charge in [-0.1, -0.05) is 42.5 Å². The zero-order valence-corrected chi connectivity index (χ0v) is 14.3. The van der Waals surface area contributed by atoms with Crippen molar-refractivity contribution in [2.45, 2.75) is 6.92 Å². The third-order valence-electron chi connectivity index (χ3n) is 3.91. The third-order valence-corrected chi connectivity index (χ3v) is 4.79. The summed E-state index contributed by atoms with van der Waals surface area (Å²) in [5.74, 6) is -0.104. The Balaban J connectivity index is 1.62. The Hall–Kier alpha value is -3.05. The number of esters is 1. The van der Waals surface area contributed by atoms with Crippen LogP contribution in [0.1, 0.15) is 16.1 Å². The molecule has 0 aliphatic carbocycles. The first kappa shape index (κ1) is 15.5. The van der Waals surface area contributed by atoms with Crippen LogP contribution < -0.4 is 0 Å². The van der Waals surface area contributed by atoms with Gasteiger partial charge in [0.1, 0.15) is 0 Å². The van der Waals surface area contributed by atoms with Crippen molar-refractivity contribution in [2.75, 3.05) is 0 Å². The first-order chi connectivity index (χ1) is 12.2. The first-order valence-electron chi connectivity index (χ1n) is 7.79. The first-order valence-corrected chi connectivity index (χ1v) is 8.67. The van der Waals surface area contributed by atoms with Gasteiger partial charge >= 0.3 is 5.97 Å². The number of cyclic esters (lactones) is 1. The van der Waals surface area contributed by atoms with E-state index < -0.39 is 5.97 Å². The van der Waals surface area contributed by atoms with E-state index in [-0.39, 0.29) is 0 Å². The van der Waals surface area contributed by atoms with Crippen molar-refractivity contribution >= 4 is 29.3 Å². The topological polar surface area (TPSA) is 51.6 Å². The SMILES string of the molecule is Cc1ncsc1C=C1N=C(c2ccc(-c3ccccc3)cc2)OC1=O. The van der Waals surface area contributed by atoms with Crippen molar-refractivity contribution in [2.24, 2.45) is 4.99 Å². The molecule has 0 fully saturated rings. The van der Waals surface area contributed by atoms with Gasteiger partial charge in [0.15, 0.2) is 5.70 Å². The van der Waals surface area contributed by atoms with Gasteiger partial charge in [-0.15, -0.1) is 11.3 Å². The molecule has 2 aromatic carbocycles. The van der Waals surface area contributed by atoms with Crippen LogP contribution >= 0.6 is 11.3 Å². The van der Waals surface area contributed by atoms with Gasteiger partial charge in [0.05, 0.1) is 16.1 Å². The van der Waals surface area contributed by atoms with Crippen LogP contribution in [-0.2, 0) is 9.53 Å². The molecular weight excluding hydrogens is 332 g/mol. The Morgan fingerprint density at radius 1 is 0.960 bits per heavy atom. The maximum Gasteiger partial charge on any atom is 0.363 e. The molecule has 25 heavy (non-hydrogen) atoms. The van der Waals surface area contributed by atoms with E-state index in [1.165, 1.54) is 11.3 Å². The van der Waals surface area contributed by atoms with Crippen molar-refractivity contribution in [1.82, 2.24) is 4.98 Å². The number of hydrogen-bond acceptors (Lipinski definition) is 5. The largest absolute Gasteiger partial charge is 0.402 e. The number of carbonyl (C=O) groups is 1. The highest BCUT2D eigenvalue weighted by Crippen LogP contribution is 2.24. The quantitative estimate of drug-likeness (QED) is 0.519. The van der Waals surface area contributed by atoms with E-state index in [0.29, 0.717) is 11.6 Å². The molecule has 1 aliphatic heterocycles.